The maximum Gasteiger partial charge on any atom is 0.0218 e. The first-order valence-electron chi connectivity index (χ1n) is 7.18. The second kappa shape index (κ2) is 7.34. The first-order valence-corrected chi connectivity index (χ1v) is 7.18. The SMILES string of the molecule is CCN(CC1CCN(C)CC1)C(C)C(C)NC. The number of rotatable bonds is 6. The van der Waals surface area contributed by atoms with E-state index < -0.39 is 0 Å². The van der Waals surface area contributed by atoms with Crippen molar-refractivity contribution in [1.82, 2.24) is 15.1 Å². The summed E-state index contributed by atoms with van der Waals surface area (Å²) in [5, 5.41) is 3.37. The van der Waals surface area contributed by atoms with Crippen LogP contribution in [0.2, 0.25) is 0 Å². The Morgan fingerprint density at radius 2 is 1.88 bits per heavy atom. The Bertz CT molecular complexity index is 200. The van der Waals surface area contributed by atoms with Crippen molar-refractivity contribution in [2.75, 3.05) is 40.3 Å². The fraction of sp³-hybridized carbons (Fsp3) is 1.00. The molecule has 1 rings (SSSR count). The molecular weight excluding hydrogens is 210 g/mol. The van der Waals surface area contributed by atoms with Gasteiger partial charge in [0.2, 0.25) is 0 Å². The summed E-state index contributed by atoms with van der Waals surface area (Å²) >= 11 is 0. The number of likely N-dealkylation sites (tertiary alicyclic amines) is 1. The number of hydrogen-bond acceptors (Lipinski definition) is 3. The van der Waals surface area contributed by atoms with Crippen LogP contribution in [0.3, 0.4) is 0 Å². The number of nitrogens with zero attached hydrogens (tertiary/aromatic N) is 2. The highest BCUT2D eigenvalue weighted by molar-refractivity contribution is 4.80. The van der Waals surface area contributed by atoms with E-state index in [9.17, 15) is 0 Å². The smallest absolute Gasteiger partial charge is 0.0218 e. The molecule has 3 nitrogen and oxygen atoms in total. The Morgan fingerprint density at radius 1 is 1.29 bits per heavy atom. The molecule has 3 heteroatoms. The van der Waals surface area contributed by atoms with E-state index in [1.807, 2.05) is 0 Å². The summed E-state index contributed by atoms with van der Waals surface area (Å²) in [4.78, 5) is 5.09. The van der Waals surface area contributed by atoms with Crippen molar-refractivity contribution in [3.8, 4) is 0 Å². The molecule has 0 aliphatic carbocycles. The van der Waals surface area contributed by atoms with Crippen molar-refractivity contribution in [2.45, 2.75) is 45.7 Å². The van der Waals surface area contributed by atoms with Crippen LogP contribution in [0.15, 0.2) is 0 Å². The summed E-state index contributed by atoms with van der Waals surface area (Å²) in [6, 6.07) is 1.20. The third kappa shape index (κ3) is 4.57. The van der Waals surface area contributed by atoms with Gasteiger partial charge < -0.3 is 10.2 Å². The van der Waals surface area contributed by atoms with Gasteiger partial charge >= 0.3 is 0 Å². The summed E-state index contributed by atoms with van der Waals surface area (Å²) < 4.78 is 0. The van der Waals surface area contributed by atoms with Gasteiger partial charge in [0.15, 0.2) is 0 Å². The minimum absolute atomic E-state index is 0.571. The van der Waals surface area contributed by atoms with Gasteiger partial charge in [-0.1, -0.05) is 6.92 Å². The lowest BCUT2D eigenvalue weighted by Gasteiger charge is -2.37. The average Bonchev–Trinajstić information content (AvgIpc) is 2.36. The van der Waals surface area contributed by atoms with E-state index in [0.29, 0.717) is 12.1 Å². The minimum atomic E-state index is 0.571. The Kier molecular flexibility index (Phi) is 6.45. The van der Waals surface area contributed by atoms with Crippen LogP contribution in [-0.2, 0) is 0 Å². The van der Waals surface area contributed by atoms with Crippen LogP contribution in [0, 0.1) is 5.92 Å². The minimum Gasteiger partial charge on any atom is -0.316 e. The number of piperidine rings is 1. The molecule has 0 saturated carbocycles. The van der Waals surface area contributed by atoms with Gasteiger partial charge in [-0.15, -0.1) is 0 Å². The predicted octanol–water partition coefficient (Wildman–Crippen LogP) is 1.65. The summed E-state index contributed by atoms with van der Waals surface area (Å²) in [6.45, 7) is 11.9. The third-order valence-electron chi connectivity index (χ3n) is 4.49. The molecule has 0 aromatic carbocycles. The Morgan fingerprint density at radius 3 is 2.35 bits per heavy atom. The normalized spacial score (nSPS) is 22.9. The largest absolute Gasteiger partial charge is 0.316 e. The van der Waals surface area contributed by atoms with Crippen LogP contribution in [0.25, 0.3) is 0 Å². The van der Waals surface area contributed by atoms with Crippen molar-refractivity contribution < 1.29 is 0 Å². The van der Waals surface area contributed by atoms with E-state index in [-0.39, 0.29) is 0 Å². The Labute approximate surface area is 108 Å². The van der Waals surface area contributed by atoms with Gasteiger partial charge in [0.1, 0.15) is 0 Å². The standard InChI is InChI=1S/C14H31N3/c1-6-17(13(3)12(2)15-4)11-14-7-9-16(5)10-8-14/h12-15H,6-11H2,1-5H3. The molecule has 1 N–H and O–H groups in total. The van der Waals surface area contributed by atoms with E-state index >= 15 is 0 Å². The molecule has 1 aliphatic heterocycles. The Balaban J connectivity index is 2.40. The number of hydrogen-bond donors (Lipinski definition) is 1. The van der Waals surface area contributed by atoms with E-state index in [0.717, 1.165) is 5.92 Å². The van der Waals surface area contributed by atoms with Crippen LogP contribution in [-0.4, -0.2) is 62.2 Å². The molecule has 2 unspecified atom stereocenters. The van der Waals surface area contributed by atoms with Crippen LogP contribution in [0.5, 0.6) is 0 Å². The highest BCUT2D eigenvalue weighted by atomic mass is 15.2. The maximum atomic E-state index is 3.37. The lowest BCUT2D eigenvalue weighted by Crippen LogP contribution is -2.48. The number of likely N-dealkylation sites (N-methyl/N-ethyl adjacent to an activating group) is 2. The third-order valence-corrected chi connectivity index (χ3v) is 4.49. The van der Waals surface area contributed by atoms with Crippen LogP contribution >= 0.6 is 0 Å². The molecule has 1 fully saturated rings. The molecule has 1 saturated heterocycles. The lowest BCUT2D eigenvalue weighted by molar-refractivity contribution is 0.124. The first-order chi connectivity index (χ1) is 8.08. The highest BCUT2D eigenvalue weighted by Gasteiger charge is 2.23. The molecule has 0 amide bonds. The molecule has 0 aromatic heterocycles. The maximum absolute atomic E-state index is 3.37. The molecule has 2 atom stereocenters. The molecular formula is C14H31N3. The van der Waals surface area contributed by atoms with Gasteiger partial charge in [-0.25, -0.2) is 0 Å². The molecule has 0 radical (unpaired) electrons. The lowest BCUT2D eigenvalue weighted by atomic mass is 9.95. The fourth-order valence-corrected chi connectivity index (χ4v) is 2.72. The predicted molar refractivity (Wildman–Crippen MR) is 75.5 cm³/mol. The van der Waals surface area contributed by atoms with Gasteiger partial charge in [-0.05, 0) is 66.3 Å². The van der Waals surface area contributed by atoms with E-state index in [4.69, 9.17) is 0 Å². The molecule has 1 heterocycles. The summed E-state index contributed by atoms with van der Waals surface area (Å²) in [5.41, 5.74) is 0. The van der Waals surface area contributed by atoms with Gasteiger partial charge in [-0.2, -0.15) is 0 Å². The van der Waals surface area contributed by atoms with E-state index in [2.05, 4.69) is 50.0 Å². The number of nitrogens with one attached hydrogen (secondary N) is 1. The van der Waals surface area contributed by atoms with E-state index in [1.54, 1.807) is 0 Å². The zero-order valence-electron chi connectivity index (χ0n) is 12.4. The van der Waals surface area contributed by atoms with Crippen molar-refractivity contribution in [3.05, 3.63) is 0 Å². The van der Waals surface area contributed by atoms with Crippen molar-refractivity contribution in [2.24, 2.45) is 5.92 Å². The van der Waals surface area contributed by atoms with Gasteiger partial charge in [0.25, 0.3) is 0 Å². The molecule has 0 bridgehead atoms. The molecule has 0 spiro atoms. The van der Waals surface area contributed by atoms with Gasteiger partial charge in [0.05, 0.1) is 0 Å². The van der Waals surface area contributed by atoms with Crippen LogP contribution < -0.4 is 5.32 Å². The van der Waals surface area contributed by atoms with Crippen molar-refractivity contribution in [1.29, 1.82) is 0 Å². The summed E-state index contributed by atoms with van der Waals surface area (Å²) in [6.07, 6.45) is 2.74. The zero-order valence-corrected chi connectivity index (χ0v) is 12.4. The second-order valence-corrected chi connectivity index (χ2v) is 5.65. The monoisotopic (exact) mass is 241 g/mol. The van der Waals surface area contributed by atoms with Crippen LogP contribution in [0.1, 0.15) is 33.6 Å². The van der Waals surface area contributed by atoms with Crippen molar-refractivity contribution >= 4 is 0 Å². The first kappa shape index (κ1) is 14.9. The molecule has 0 aromatic rings. The quantitative estimate of drug-likeness (QED) is 0.763. The van der Waals surface area contributed by atoms with Gasteiger partial charge in [-0.3, -0.25) is 4.90 Å². The highest BCUT2D eigenvalue weighted by Crippen LogP contribution is 2.18. The molecule has 102 valence electrons. The van der Waals surface area contributed by atoms with Crippen LogP contribution in [0.4, 0.5) is 0 Å². The fourth-order valence-electron chi connectivity index (χ4n) is 2.72. The Hall–Kier alpha value is -0.120. The average molecular weight is 241 g/mol. The summed E-state index contributed by atoms with van der Waals surface area (Å²) in [5.74, 6) is 0.901. The van der Waals surface area contributed by atoms with Crippen molar-refractivity contribution in [3.63, 3.8) is 0 Å². The zero-order chi connectivity index (χ0) is 12.8. The molecule has 17 heavy (non-hydrogen) atoms. The van der Waals surface area contributed by atoms with Gasteiger partial charge in [0, 0.05) is 18.6 Å². The second-order valence-electron chi connectivity index (χ2n) is 5.65. The topological polar surface area (TPSA) is 18.5 Å². The summed E-state index contributed by atoms with van der Waals surface area (Å²) in [7, 11) is 4.30. The van der Waals surface area contributed by atoms with E-state index in [1.165, 1.54) is 39.0 Å². The molecule has 1 aliphatic rings.